The van der Waals surface area contributed by atoms with Crippen LogP contribution in [0.4, 0.5) is 11.4 Å². The minimum absolute atomic E-state index is 0.0308. The number of benzene rings is 2. The van der Waals surface area contributed by atoms with E-state index in [1.54, 1.807) is 12.1 Å². The van der Waals surface area contributed by atoms with Gasteiger partial charge < -0.3 is 20.9 Å². The van der Waals surface area contributed by atoms with Crippen molar-refractivity contribution >= 4 is 52.2 Å². The van der Waals surface area contributed by atoms with E-state index >= 15 is 0 Å². The largest absolute Gasteiger partial charge is 0.368 e. The number of likely N-dealkylation sites (tertiary alicyclic amines) is 2. The molecule has 2 aromatic carbocycles. The second-order valence-corrected chi connectivity index (χ2v) is 14.3. The van der Waals surface area contributed by atoms with Gasteiger partial charge in [0, 0.05) is 40.8 Å². The van der Waals surface area contributed by atoms with Gasteiger partial charge >= 0.3 is 0 Å². The van der Waals surface area contributed by atoms with Gasteiger partial charge in [-0.1, -0.05) is 61.7 Å². The number of piperidine rings is 2. The fourth-order valence-corrected chi connectivity index (χ4v) is 8.20. The fraction of sp³-hybridized carbons (Fsp3) is 0.500. The molecule has 2 fully saturated rings. The summed E-state index contributed by atoms with van der Waals surface area (Å²) in [6.07, 6.45) is 5.39. The van der Waals surface area contributed by atoms with Crippen LogP contribution >= 0.6 is 23.2 Å². The summed E-state index contributed by atoms with van der Waals surface area (Å²) < 4.78 is 0. The molecule has 1 aliphatic carbocycles. The van der Waals surface area contributed by atoms with Crippen molar-refractivity contribution in [3.63, 3.8) is 0 Å². The van der Waals surface area contributed by atoms with Crippen LogP contribution in [0.15, 0.2) is 53.7 Å². The summed E-state index contributed by atoms with van der Waals surface area (Å²) in [6, 6.07) is 12.6. The third-order valence-corrected chi connectivity index (χ3v) is 10.5. The molecular formula is C34H41Cl2N5O3. The van der Waals surface area contributed by atoms with E-state index in [4.69, 9.17) is 28.9 Å². The lowest BCUT2D eigenvalue weighted by atomic mass is 9.73. The van der Waals surface area contributed by atoms with Gasteiger partial charge in [-0.05, 0) is 80.4 Å². The molecule has 0 aromatic heterocycles. The van der Waals surface area contributed by atoms with Crippen molar-refractivity contribution in [2.45, 2.75) is 70.4 Å². The van der Waals surface area contributed by atoms with Gasteiger partial charge in [0.25, 0.3) is 0 Å². The van der Waals surface area contributed by atoms with E-state index in [9.17, 15) is 14.4 Å². The molecule has 10 heteroatoms. The van der Waals surface area contributed by atoms with Crippen molar-refractivity contribution in [1.29, 1.82) is 0 Å². The van der Waals surface area contributed by atoms with E-state index in [-0.39, 0.29) is 29.6 Å². The number of fused-ring (bicyclic) bond motifs is 1. The molecule has 8 nitrogen and oxygen atoms in total. The first kappa shape index (κ1) is 30.9. The molecule has 6 rings (SSSR count). The minimum Gasteiger partial charge on any atom is -0.368 e. The van der Waals surface area contributed by atoms with Gasteiger partial charge in [0.15, 0.2) is 5.78 Å². The van der Waals surface area contributed by atoms with Crippen LogP contribution in [-0.4, -0.2) is 65.7 Å². The Morgan fingerprint density at radius 2 is 1.68 bits per heavy atom. The zero-order chi connectivity index (χ0) is 31.2. The first-order valence-electron chi connectivity index (χ1n) is 15.7. The molecular weight excluding hydrogens is 597 g/mol. The van der Waals surface area contributed by atoms with Gasteiger partial charge in [0.1, 0.15) is 5.54 Å². The SMILES string of the molecule is CC1(C)CC(=O)C2=C(C1)Nc1ccccc1N(CC(=O)N1CCC(C(N)=O)(N3CCCCC3)CC1)C2c1ccc(Cl)cc1Cl. The molecule has 2 saturated heterocycles. The Hall–Kier alpha value is -3.07. The number of ketones is 1. The maximum absolute atomic E-state index is 14.2. The third-order valence-electron chi connectivity index (χ3n) is 9.93. The zero-order valence-corrected chi connectivity index (χ0v) is 27.0. The number of nitrogens with zero attached hydrogens (tertiary/aromatic N) is 3. The van der Waals surface area contributed by atoms with Crippen molar-refractivity contribution in [3.8, 4) is 0 Å². The fourth-order valence-electron chi connectivity index (χ4n) is 7.69. The van der Waals surface area contributed by atoms with Crippen molar-refractivity contribution in [3.05, 3.63) is 69.3 Å². The molecule has 3 N–H and O–H groups in total. The van der Waals surface area contributed by atoms with Crippen LogP contribution in [0.5, 0.6) is 0 Å². The molecule has 0 saturated carbocycles. The quantitative estimate of drug-likeness (QED) is 0.421. The van der Waals surface area contributed by atoms with Crippen molar-refractivity contribution < 1.29 is 14.4 Å². The monoisotopic (exact) mass is 637 g/mol. The molecule has 0 bridgehead atoms. The van der Waals surface area contributed by atoms with Crippen molar-refractivity contribution in [1.82, 2.24) is 9.80 Å². The second kappa shape index (κ2) is 12.0. The molecule has 1 atom stereocenters. The van der Waals surface area contributed by atoms with Crippen LogP contribution in [0.3, 0.4) is 0 Å². The molecule has 44 heavy (non-hydrogen) atoms. The number of para-hydroxylation sites is 2. The number of amides is 2. The highest BCUT2D eigenvalue weighted by molar-refractivity contribution is 6.35. The standard InChI is InChI=1S/C34H41Cl2N5O3/c1-33(2)19-26-30(28(42)20-33)31(23-11-10-22(35)18-24(23)36)41(27-9-5-4-8-25(27)38-26)21-29(43)39-16-12-34(13-17-39,32(37)44)40-14-6-3-7-15-40/h4-5,8-11,18,31,38H,3,6-7,12-17,19-21H2,1-2H3,(H2,37,44). The summed E-state index contributed by atoms with van der Waals surface area (Å²) in [7, 11) is 0. The zero-order valence-electron chi connectivity index (χ0n) is 25.5. The Bertz CT molecular complexity index is 1510. The number of hydrogen-bond donors (Lipinski definition) is 2. The van der Waals surface area contributed by atoms with E-state index in [0.29, 0.717) is 54.4 Å². The van der Waals surface area contributed by atoms with Crippen LogP contribution in [0.1, 0.15) is 70.4 Å². The number of anilines is 2. The number of nitrogens with one attached hydrogen (secondary N) is 1. The lowest BCUT2D eigenvalue weighted by Crippen LogP contribution is -2.64. The summed E-state index contributed by atoms with van der Waals surface area (Å²) in [5, 5.41) is 4.52. The van der Waals surface area contributed by atoms with Gasteiger partial charge in [-0.3, -0.25) is 19.3 Å². The summed E-state index contributed by atoms with van der Waals surface area (Å²) in [6.45, 7) is 6.85. The van der Waals surface area contributed by atoms with Crippen LogP contribution in [0, 0.1) is 5.41 Å². The Balaban J connectivity index is 1.36. The van der Waals surface area contributed by atoms with Crippen LogP contribution in [0.2, 0.25) is 10.0 Å². The second-order valence-electron chi connectivity index (χ2n) is 13.5. The molecule has 2 aromatic rings. The summed E-state index contributed by atoms with van der Waals surface area (Å²) in [5.74, 6) is -0.329. The van der Waals surface area contributed by atoms with Gasteiger partial charge in [0.2, 0.25) is 11.8 Å². The highest BCUT2D eigenvalue weighted by atomic mass is 35.5. The first-order valence-corrected chi connectivity index (χ1v) is 16.4. The average molecular weight is 639 g/mol. The average Bonchev–Trinajstić information content (AvgIpc) is 3.11. The number of hydrogen-bond acceptors (Lipinski definition) is 6. The van der Waals surface area contributed by atoms with Crippen LogP contribution < -0.4 is 16.0 Å². The lowest BCUT2D eigenvalue weighted by Gasteiger charge is -2.48. The number of carbonyl (C=O) groups is 3. The lowest BCUT2D eigenvalue weighted by molar-refractivity contribution is -0.141. The highest BCUT2D eigenvalue weighted by Crippen LogP contribution is 2.49. The molecule has 1 unspecified atom stereocenters. The number of halogens is 2. The normalized spacial score (nSPS) is 23.4. The maximum atomic E-state index is 14.2. The Labute approximate surface area is 269 Å². The van der Waals surface area contributed by atoms with E-state index in [2.05, 4.69) is 24.1 Å². The molecule has 2 amide bonds. The Morgan fingerprint density at radius 1 is 0.977 bits per heavy atom. The molecule has 3 aliphatic heterocycles. The topological polar surface area (TPSA) is 99.0 Å². The smallest absolute Gasteiger partial charge is 0.242 e. The number of Topliss-reactive ketones (excluding diaryl/α,β-unsaturated/α-hetero) is 1. The Morgan fingerprint density at radius 3 is 2.36 bits per heavy atom. The third kappa shape index (κ3) is 5.72. The molecule has 0 radical (unpaired) electrons. The molecule has 0 spiro atoms. The number of allylic oxidation sites excluding steroid dienone is 1. The first-order chi connectivity index (χ1) is 21.0. The van der Waals surface area contributed by atoms with Gasteiger partial charge in [-0.2, -0.15) is 0 Å². The van der Waals surface area contributed by atoms with Crippen molar-refractivity contribution in [2.24, 2.45) is 11.1 Å². The van der Waals surface area contributed by atoms with Gasteiger partial charge in [-0.15, -0.1) is 0 Å². The summed E-state index contributed by atoms with van der Waals surface area (Å²) in [4.78, 5) is 47.1. The van der Waals surface area contributed by atoms with E-state index in [0.717, 1.165) is 48.6 Å². The van der Waals surface area contributed by atoms with E-state index in [1.807, 2.05) is 40.1 Å². The number of nitrogens with two attached hydrogens (primary N) is 1. The Kier molecular flexibility index (Phi) is 8.46. The van der Waals surface area contributed by atoms with Gasteiger partial charge in [0.05, 0.1) is 24.0 Å². The number of carbonyl (C=O) groups excluding carboxylic acids is 3. The molecule has 3 heterocycles. The number of primary amides is 1. The maximum Gasteiger partial charge on any atom is 0.242 e. The van der Waals surface area contributed by atoms with Gasteiger partial charge in [-0.25, -0.2) is 0 Å². The van der Waals surface area contributed by atoms with Crippen LogP contribution in [-0.2, 0) is 14.4 Å². The van der Waals surface area contributed by atoms with Crippen molar-refractivity contribution in [2.75, 3.05) is 42.9 Å². The van der Waals surface area contributed by atoms with Crippen LogP contribution in [0.25, 0.3) is 0 Å². The molecule has 4 aliphatic rings. The predicted molar refractivity (Wildman–Crippen MR) is 175 cm³/mol. The molecule has 234 valence electrons. The predicted octanol–water partition coefficient (Wildman–Crippen LogP) is 5.94. The number of rotatable bonds is 5. The minimum atomic E-state index is -0.712. The van der Waals surface area contributed by atoms with E-state index < -0.39 is 11.6 Å². The summed E-state index contributed by atoms with van der Waals surface area (Å²) >= 11 is 13.2. The van der Waals surface area contributed by atoms with E-state index in [1.165, 1.54) is 6.42 Å². The summed E-state index contributed by atoms with van der Waals surface area (Å²) in [5.41, 5.74) is 8.95. The highest BCUT2D eigenvalue weighted by Gasteiger charge is 2.47.